The van der Waals surface area contributed by atoms with Crippen molar-refractivity contribution in [1.82, 2.24) is 15.2 Å². The largest absolute Gasteiger partial charge is 0.506 e. The van der Waals surface area contributed by atoms with Crippen molar-refractivity contribution in [2.24, 2.45) is 10.2 Å². The molecule has 47 heavy (non-hydrogen) atoms. The molecule has 0 saturated carbocycles. The molecule has 0 saturated heterocycles. The molecule has 0 amide bonds. The lowest BCUT2D eigenvalue weighted by Gasteiger charge is -2.30. The van der Waals surface area contributed by atoms with Crippen molar-refractivity contribution in [3.05, 3.63) is 92.2 Å². The smallest absolute Gasteiger partial charge is 0.301 e. The van der Waals surface area contributed by atoms with Gasteiger partial charge in [0.15, 0.2) is 11.5 Å². The number of phenols is 1. The number of H-pyrrole nitrogens is 1. The van der Waals surface area contributed by atoms with E-state index in [0.717, 1.165) is 37.8 Å². The fourth-order valence-electron chi connectivity index (χ4n) is 5.30. The second-order valence-electron chi connectivity index (χ2n) is 11.6. The Bertz CT molecular complexity index is 1630. The van der Waals surface area contributed by atoms with Gasteiger partial charge >= 0.3 is 5.56 Å². The van der Waals surface area contributed by atoms with Gasteiger partial charge in [-0.25, -0.2) is 10.1 Å². The Morgan fingerprint density at radius 1 is 0.872 bits per heavy atom. The average molecular weight is 721 g/mol. The Morgan fingerprint density at radius 2 is 1.51 bits per heavy atom. The number of alkyl halides is 1. The fourth-order valence-corrected chi connectivity index (χ4v) is 6.41. The summed E-state index contributed by atoms with van der Waals surface area (Å²) < 4.78 is 1.24. The van der Waals surface area contributed by atoms with E-state index in [-0.39, 0.29) is 44.3 Å². The Morgan fingerprint density at radius 3 is 2.17 bits per heavy atom. The molecule has 3 N–H and O–H groups in total. The monoisotopic (exact) mass is 718 g/mol. The van der Waals surface area contributed by atoms with E-state index in [2.05, 4.69) is 27.7 Å². The minimum atomic E-state index is -0.550. The first-order chi connectivity index (χ1) is 22.7. The third-order valence-electron chi connectivity index (χ3n) is 7.81. The molecule has 0 aliphatic rings. The van der Waals surface area contributed by atoms with E-state index < -0.39 is 5.56 Å². The predicted octanol–water partition coefficient (Wildman–Crippen LogP) is 11.8. The van der Waals surface area contributed by atoms with Crippen LogP contribution in [0, 0.1) is 0 Å². The number of unbranched alkanes of at least 4 members (excludes halogenated alkanes) is 6. The number of para-hydroxylation sites is 2. The van der Waals surface area contributed by atoms with Crippen LogP contribution in [0.25, 0.3) is 5.69 Å². The molecule has 252 valence electrons. The number of nitrogens with one attached hydrogen (secondary N) is 2. The van der Waals surface area contributed by atoms with E-state index in [4.69, 9.17) is 46.4 Å². The lowest BCUT2D eigenvalue weighted by atomic mass is 10.0. The van der Waals surface area contributed by atoms with Gasteiger partial charge in [-0.3, -0.25) is 14.9 Å². The molecule has 4 aromatic rings. The number of benzene rings is 3. The van der Waals surface area contributed by atoms with E-state index in [1.54, 1.807) is 18.2 Å². The number of phenolic OH excluding ortho intramolecular Hbond substituents is 1. The maximum Gasteiger partial charge on any atom is 0.301 e. The van der Waals surface area contributed by atoms with Gasteiger partial charge in [0.2, 0.25) is 0 Å². The molecule has 4 rings (SSSR count). The number of rotatable bonds is 18. The number of hydrogen-bond donors (Lipinski definition) is 3. The number of aromatic nitrogens is 2. The number of anilines is 2. The zero-order valence-electron chi connectivity index (χ0n) is 26.7. The minimum absolute atomic E-state index is 0.0107. The Hall–Kier alpha value is -3.01. The molecule has 8 nitrogen and oxygen atoms in total. The quantitative estimate of drug-likeness (QED) is 0.0412. The lowest BCUT2D eigenvalue weighted by molar-refractivity contribution is 0.422. The highest BCUT2D eigenvalue weighted by Gasteiger charge is 2.26. The van der Waals surface area contributed by atoms with Gasteiger partial charge in [-0.1, -0.05) is 117 Å². The van der Waals surface area contributed by atoms with E-state index >= 15 is 0 Å². The summed E-state index contributed by atoms with van der Waals surface area (Å²) in [5.41, 5.74) is 4.30. The average Bonchev–Trinajstić information content (AvgIpc) is 3.35. The first-order valence-corrected chi connectivity index (χ1v) is 17.7. The van der Waals surface area contributed by atoms with Crippen molar-refractivity contribution in [1.29, 1.82) is 0 Å². The molecule has 0 bridgehead atoms. The molecule has 12 heteroatoms. The van der Waals surface area contributed by atoms with E-state index in [1.807, 2.05) is 42.3 Å². The fraction of sp³-hybridized carbons (Fsp3) is 0.400. The molecule has 0 radical (unpaired) electrons. The van der Waals surface area contributed by atoms with Gasteiger partial charge < -0.3 is 5.11 Å². The summed E-state index contributed by atoms with van der Waals surface area (Å²) in [5.74, 6) is 0.242. The summed E-state index contributed by atoms with van der Waals surface area (Å²) in [7, 11) is 0. The molecule has 3 aromatic carbocycles. The molecule has 0 aliphatic heterocycles. The molecule has 2 unspecified atom stereocenters. The number of hydrazine groups is 1. The molecule has 2 atom stereocenters. The predicted molar refractivity (Wildman–Crippen MR) is 196 cm³/mol. The lowest BCUT2D eigenvalue weighted by Crippen LogP contribution is -2.42. The molecule has 1 heterocycles. The third-order valence-corrected chi connectivity index (χ3v) is 8.82. The SMILES string of the molecule is CCCCCCCCCC(CCC(C)Cl)NN(c1ccccc1)c1[nH]n(-c2c(Cl)cc(Cl)cc2Cl)c(=O)c1N=Nc1ccccc1O. The van der Waals surface area contributed by atoms with Crippen molar-refractivity contribution in [2.75, 3.05) is 5.01 Å². The van der Waals surface area contributed by atoms with Gasteiger partial charge in [-0.2, -0.15) is 0 Å². The molecule has 0 aliphatic carbocycles. The number of hydrogen-bond acceptors (Lipinski definition) is 6. The van der Waals surface area contributed by atoms with Crippen LogP contribution in [0.2, 0.25) is 15.1 Å². The Kier molecular flexibility index (Phi) is 14.5. The van der Waals surface area contributed by atoms with E-state index in [9.17, 15) is 9.90 Å². The maximum absolute atomic E-state index is 14.1. The van der Waals surface area contributed by atoms with Crippen molar-refractivity contribution >= 4 is 69.3 Å². The zero-order chi connectivity index (χ0) is 33.8. The van der Waals surface area contributed by atoms with Crippen LogP contribution >= 0.6 is 46.4 Å². The van der Waals surface area contributed by atoms with E-state index in [1.165, 1.54) is 55.0 Å². The van der Waals surface area contributed by atoms with Gasteiger partial charge in [0.1, 0.15) is 17.1 Å². The van der Waals surface area contributed by atoms with Crippen LogP contribution in [0.5, 0.6) is 5.75 Å². The van der Waals surface area contributed by atoms with Crippen LogP contribution in [0.4, 0.5) is 22.9 Å². The molecule has 1 aromatic heterocycles. The normalized spacial score (nSPS) is 12.9. The number of aromatic amines is 1. The van der Waals surface area contributed by atoms with Crippen LogP contribution in [-0.2, 0) is 0 Å². The third kappa shape index (κ3) is 10.5. The first-order valence-electron chi connectivity index (χ1n) is 16.1. The highest BCUT2D eigenvalue weighted by Crippen LogP contribution is 2.36. The van der Waals surface area contributed by atoms with Gasteiger partial charge in [-0.15, -0.1) is 21.8 Å². The maximum atomic E-state index is 14.1. The summed E-state index contributed by atoms with van der Waals surface area (Å²) in [4.78, 5) is 14.1. The van der Waals surface area contributed by atoms with Crippen LogP contribution < -0.4 is 16.0 Å². The van der Waals surface area contributed by atoms with Gasteiger partial charge in [0.05, 0.1) is 15.7 Å². The summed E-state index contributed by atoms with van der Waals surface area (Å²) in [6.07, 6.45) is 11.0. The number of aromatic hydroxyl groups is 1. The van der Waals surface area contributed by atoms with E-state index in [0.29, 0.717) is 10.8 Å². The Labute approximate surface area is 296 Å². The molecular weight excluding hydrogens is 678 g/mol. The van der Waals surface area contributed by atoms with Crippen LogP contribution in [0.3, 0.4) is 0 Å². The van der Waals surface area contributed by atoms with Crippen molar-refractivity contribution in [3.63, 3.8) is 0 Å². The number of azo groups is 1. The van der Waals surface area contributed by atoms with Crippen molar-refractivity contribution in [3.8, 4) is 11.4 Å². The summed E-state index contributed by atoms with van der Waals surface area (Å²) >= 11 is 25.8. The van der Waals surface area contributed by atoms with Crippen LogP contribution in [0.1, 0.15) is 78.1 Å². The van der Waals surface area contributed by atoms with Crippen LogP contribution in [-0.4, -0.2) is 26.3 Å². The minimum Gasteiger partial charge on any atom is -0.506 e. The van der Waals surface area contributed by atoms with Gasteiger partial charge in [0.25, 0.3) is 0 Å². The van der Waals surface area contributed by atoms with Crippen molar-refractivity contribution < 1.29 is 5.11 Å². The first kappa shape index (κ1) is 36.8. The standard InChI is InChI=1S/C35H42Cl4N6O2/c1-3-4-5-6-7-8-10-15-26(21-20-24(2)36)42-44(27-16-11-9-12-17-27)34-32(41-40-30-18-13-14-19-31(30)46)35(47)45(43-34)33-28(38)22-25(37)23-29(33)39/h9,11-14,16-19,22-24,26,42-43,46H,3-8,10,15,20-21H2,1-2H3. The van der Waals surface area contributed by atoms with Crippen molar-refractivity contribution in [2.45, 2.75) is 89.5 Å². The molecular formula is C35H42Cl4N6O2. The highest BCUT2D eigenvalue weighted by atomic mass is 35.5. The molecule has 0 fully saturated rings. The topological polar surface area (TPSA) is 98.0 Å². The van der Waals surface area contributed by atoms with Crippen LogP contribution in [0.15, 0.2) is 81.8 Å². The van der Waals surface area contributed by atoms with Gasteiger partial charge in [0, 0.05) is 16.4 Å². The summed E-state index contributed by atoms with van der Waals surface area (Å²) in [5, 5.41) is 24.7. The second kappa shape index (κ2) is 18.5. The number of nitrogens with zero attached hydrogens (tertiary/aromatic N) is 4. The number of halogens is 4. The molecule has 0 spiro atoms. The second-order valence-corrected chi connectivity index (χ2v) is 13.6. The Balaban J connectivity index is 1.79. The zero-order valence-corrected chi connectivity index (χ0v) is 29.8. The summed E-state index contributed by atoms with van der Waals surface area (Å²) in [6, 6.07) is 19.2. The highest BCUT2D eigenvalue weighted by molar-refractivity contribution is 6.40. The van der Waals surface area contributed by atoms with Gasteiger partial charge in [-0.05, 0) is 62.6 Å². The summed E-state index contributed by atoms with van der Waals surface area (Å²) in [6.45, 7) is 4.22.